The van der Waals surface area contributed by atoms with Gasteiger partial charge in [0.15, 0.2) is 0 Å². The first-order valence-corrected chi connectivity index (χ1v) is 3.67. The normalized spacial score (nSPS) is 16.8. The molecule has 1 unspecified atom stereocenters. The van der Waals surface area contributed by atoms with Crippen LogP contribution in [0.2, 0.25) is 0 Å². The van der Waals surface area contributed by atoms with Crippen LogP contribution in [0.5, 0.6) is 0 Å². The molecule has 0 bridgehead atoms. The van der Waals surface area contributed by atoms with Gasteiger partial charge >= 0.3 is 0 Å². The summed E-state index contributed by atoms with van der Waals surface area (Å²) in [5, 5.41) is 3.23. The van der Waals surface area contributed by atoms with E-state index in [0.717, 1.165) is 6.54 Å². The molecule has 0 aromatic rings. The molecular formula is C7H18N2O. The lowest BCUT2D eigenvalue weighted by atomic mass is 10.3. The topological polar surface area (TPSA) is 47.3 Å². The lowest BCUT2D eigenvalue weighted by molar-refractivity contribution is 0.115. The Kier molecular flexibility index (Phi) is 5.58. The van der Waals surface area contributed by atoms with Crippen molar-refractivity contribution >= 4 is 0 Å². The molecule has 0 fully saturated rings. The summed E-state index contributed by atoms with van der Waals surface area (Å²) in [6.45, 7) is 5.63. The second-order valence-electron chi connectivity index (χ2n) is 2.59. The van der Waals surface area contributed by atoms with Crippen LogP contribution < -0.4 is 11.1 Å². The average Bonchev–Trinajstić information content (AvgIpc) is 1.99. The number of ether oxygens (including phenoxy) is 1. The maximum Gasteiger partial charge on any atom is 0.0667 e. The minimum Gasteiger partial charge on any atom is -0.380 e. The van der Waals surface area contributed by atoms with Gasteiger partial charge in [0.1, 0.15) is 0 Å². The van der Waals surface area contributed by atoms with Crippen LogP contribution in [0.3, 0.4) is 0 Å². The molecule has 0 aromatic heterocycles. The number of methoxy groups -OCH3 is 1. The molecule has 0 saturated heterocycles. The average molecular weight is 146 g/mol. The van der Waals surface area contributed by atoms with Gasteiger partial charge in [0.2, 0.25) is 0 Å². The number of nitrogens with one attached hydrogen (secondary N) is 1. The zero-order valence-corrected chi connectivity index (χ0v) is 7.05. The standard InChI is InChI=1S/C7H18N2O/c1-6(4-8)9-5-7(2)10-3/h6-7,9H,4-5,8H2,1-3H3/t6-,7?/m1/s1. The minimum absolute atomic E-state index is 0.272. The third-order valence-electron chi connectivity index (χ3n) is 1.51. The molecule has 0 aromatic carbocycles. The largest absolute Gasteiger partial charge is 0.380 e. The van der Waals surface area contributed by atoms with Gasteiger partial charge in [-0.2, -0.15) is 0 Å². The van der Waals surface area contributed by atoms with E-state index in [4.69, 9.17) is 10.5 Å². The van der Waals surface area contributed by atoms with Gasteiger partial charge < -0.3 is 15.8 Å². The molecule has 0 radical (unpaired) electrons. The fraction of sp³-hybridized carbons (Fsp3) is 1.00. The van der Waals surface area contributed by atoms with Crippen LogP contribution >= 0.6 is 0 Å². The summed E-state index contributed by atoms with van der Waals surface area (Å²) in [7, 11) is 1.71. The second kappa shape index (κ2) is 5.65. The van der Waals surface area contributed by atoms with E-state index in [1.54, 1.807) is 7.11 Å². The van der Waals surface area contributed by atoms with Gasteiger partial charge in [0, 0.05) is 26.2 Å². The van der Waals surface area contributed by atoms with E-state index in [1.807, 2.05) is 6.92 Å². The van der Waals surface area contributed by atoms with Gasteiger partial charge in [-0.3, -0.25) is 0 Å². The summed E-state index contributed by atoms with van der Waals surface area (Å²) < 4.78 is 5.04. The Morgan fingerprint density at radius 3 is 2.50 bits per heavy atom. The van der Waals surface area contributed by atoms with Crippen molar-refractivity contribution in [2.45, 2.75) is 26.0 Å². The summed E-state index contributed by atoms with van der Waals surface area (Å²) in [5.41, 5.74) is 5.40. The number of hydrogen-bond donors (Lipinski definition) is 2. The fourth-order valence-electron chi connectivity index (χ4n) is 0.534. The van der Waals surface area contributed by atoms with Gasteiger partial charge in [-0.15, -0.1) is 0 Å². The molecule has 3 N–H and O–H groups in total. The Morgan fingerprint density at radius 2 is 2.10 bits per heavy atom. The zero-order chi connectivity index (χ0) is 7.98. The molecule has 3 heteroatoms. The van der Waals surface area contributed by atoms with Crippen LogP contribution in [0.15, 0.2) is 0 Å². The number of rotatable bonds is 5. The smallest absolute Gasteiger partial charge is 0.0667 e. The molecule has 10 heavy (non-hydrogen) atoms. The third kappa shape index (κ3) is 4.73. The van der Waals surface area contributed by atoms with Gasteiger partial charge in [-0.05, 0) is 13.8 Å². The van der Waals surface area contributed by atoms with E-state index in [0.29, 0.717) is 12.6 Å². The van der Waals surface area contributed by atoms with E-state index in [2.05, 4.69) is 12.2 Å². The zero-order valence-electron chi connectivity index (χ0n) is 7.05. The molecule has 2 atom stereocenters. The molecule has 0 rings (SSSR count). The molecule has 0 aliphatic heterocycles. The summed E-state index contributed by atoms with van der Waals surface area (Å²) in [6, 6.07) is 0.387. The van der Waals surface area contributed by atoms with E-state index in [1.165, 1.54) is 0 Å². The highest BCUT2D eigenvalue weighted by atomic mass is 16.5. The van der Waals surface area contributed by atoms with Gasteiger partial charge in [-0.25, -0.2) is 0 Å². The van der Waals surface area contributed by atoms with E-state index >= 15 is 0 Å². The molecule has 0 aliphatic carbocycles. The maximum atomic E-state index is 5.40. The van der Waals surface area contributed by atoms with E-state index in [-0.39, 0.29) is 6.10 Å². The second-order valence-corrected chi connectivity index (χ2v) is 2.59. The predicted octanol–water partition coefficient (Wildman–Crippen LogP) is -0.0419. The van der Waals surface area contributed by atoms with Gasteiger partial charge in [-0.1, -0.05) is 0 Å². The van der Waals surface area contributed by atoms with Crippen LogP contribution in [0.4, 0.5) is 0 Å². The summed E-state index contributed by atoms with van der Waals surface area (Å²) in [6.07, 6.45) is 0.272. The molecule has 0 amide bonds. The first kappa shape index (κ1) is 9.88. The Balaban J connectivity index is 3.17. The Bertz CT molecular complexity index is 68.0. The minimum atomic E-state index is 0.272. The number of nitrogens with two attached hydrogens (primary N) is 1. The molecule has 3 nitrogen and oxygen atoms in total. The van der Waals surface area contributed by atoms with Crippen molar-refractivity contribution in [2.24, 2.45) is 5.73 Å². The van der Waals surface area contributed by atoms with Crippen molar-refractivity contribution in [1.29, 1.82) is 0 Å². The van der Waals surface area contributed by atoms with Crippen LogP contribution in [0.1, 0.15) is 13.8 Å². The molecule has 0 heterocycles. The summed E-state index contributed by atoms with van der Waals surface area (Å²) in [4.78, 5) is 0. The molecule has 0 aliphatic rings. The van der Waals surface area contributed by atoms with Crippen molar-refractivity contribution < 1.29 is 4.74 Å². The summed E-state index contributed by atoms with van der Waals surface area (Å²) in [5.74, 6) is 0. The van der Waals surface area contributed by atoms with Crippen molar-refractivity contribution in [1.82, 2.24) is 5.32 Å². The van der Waals surface area contributed by atoms with Crippen LogP contribution in [-0.2, 0) is 4.74 Å². The summed E-state index contributed by atoms with van der Waals surface area (Å²) >= 11 is 0. The third-order valence-corrected chi connectivity index (χ3v) is 1.51. The van der Waals surface area contributed by atoms with Crippen molar-refractivity contribution in [3.63, 3.8) is 0 Å². The van der Waals surface area contributed by atoms with Crippen LogP contribution in [0.25, 0.3) is 0 Å². The van der Waals surface area contributed by atoms with E-state index < -0.39 is 0 Å². The van der Waals surface area contributed by atoms with Crippen molar-refractivity contribution in [2.75, 3.05) is 20.2 Å². The highest BCUT2D eigenvalue weighted by Gasteiger charge is 2.01. The van der Waals surface area contributed by atoms with Crippen LogP contribution in [-0.4, -0.2) is 32.3 Å². The molecular weight excluding hydrogens is 128 g/mol. The molecule has 0 spiro atoms. The first-order valence-electron chi connectivity index (χ1n) is 3.67. The van der Waals surface area contributed by atoms with Gasteiger partial charge in [0.05, 0.1) is 6.10 Å². The lowest BCUT2D eigenvalue weighted by Gasteiger charge is -2.14. The Hall–Kier alpha value is -0.120. The Labute approximate surface area is 62.9 Å². The van der Waals surface area contributed by atoms with Crippen LogP contribution in [0, 0.1) is 0 Å². The first-order chi connectivity index (χ1) is 4.70. The lowest BCUT2D eigenvalue weighted by Crippen LogP contribution is -2.37. The maximum absolute atomic E-state index is 5.40. The van der Waals surface area contributed by atoms with E-state index in [9.17, 15) is 0 Å². The van der Waals surface area contributed by atoms with Crippen molar-refractivity contribution in [3.8, 4) is 0 Å². The highest BCUT2D eigenvalue weighted by Crippen LogP contribution is 1.85. The predicted molar refractivity (Wildman–Crippen MR) is 43.0 cm³/mol. The van der Waals surface area contributed by atoms with Crippen molar-refractivity contribution in [3.05, 3.63) is 0 Å². The molecule has 62 valence electrons. The van der Waals surface area contributed by atoms with Gasteiger partial charge in [0.25, 0.3) is 0 Å². The SMILES string of the molecule is COC(C)CN[C@H](C)CN. The monoisotopic (exact) mass is 146 g/mol. The molecule has 0 saturated carbocycles. The highest BCUT2D eigenvalue weighted by molar-refractivity contribution is 4.62. The quantitative estimate of drug-likeness (QED) is 0.572. The number of hydrogen-bond acceptors (Lipinski definition) is 3. The Morgan fingerprint density at radius 1 is 1.50 bits per heavy atom. The fourth-order valence-corrected chi connectivity index (χ4v) is 0.534.